The Kier molecular flexibility index (Phi) is 2.97. The fraction of sp³-hybridized carbons (Fsp3) is 0.154. The molecule has 0 aliphatic heterocycles. The van der Waals surface area contributed by atoms with Crippen LogP contribution in [0.3, 0.4) is 0 Å². The van der Waals surface area contributed by atoms with Crippen LogP contribution in [0.4, 0.5) is 0 Å². The topological polar surface area (TPSA) is 72.4 Å². The number of hydrogen-bond donors (Lipinski definition) is 1. The van der Waals surface area contributed by atoms with E-state index in [2.05, 4.69) is 15.5 Å². The maximum Gasteiger partial charge on any atom is 0.286 e. The van der Waals surface area contributed by atoms with Crippen LogP contribution in [0.15, 0.2) is 47.2 Å². The minimum atomic E-state index is -0.223. The van der Waals surface area contributed by atoms with Gasteiger partial charge in [-0.05, 0) is 24.3 Å². The standard InChI is InChI=1S/C13H12N4O2/c18-13(10-4-3-9-19-10)14-7-6-12-16-15-11-5-1-2-8-17(11)12/h1-5,8-9H,6-7H2,(H,14,18). The number of furan rings is 1. The molecule has 1 amide bonds. The third-order valence-electron chi connectivity index (χ3n) is 2.76. The van der Waals surface area contributed by atoms with Crippen molar-refractivity contribution in [3.05, 3.63) is 54.4 Å². The Balaban J connectivity index is 1.62. The van der Waals surface area contributed by atoms with Crippen molar-refractivity contribution in [3.63, 3.8) is 0 Å². The summed E-state index contributed by atoms with van der Waals surface area (Å²) in [6.07, 6.45) is 3.98. The van der Waals surface area contributed by atoms with E-state index in [0.29, 0.717) is 18.7 Å². The van der Waals surface area contributed by atoms with Crippen LogP contribution >= 0.6 is 0 Å². The number of hydrogen-bond acceptors (Lipinski definition) is 4. The van der Waals surface area contributed by atoms with Crippen LogP contribution in [0.1, 0.15) is 16.4 Å². The minimum Gasteiger partial charge on any atom is -0.459 e. The highest BCUT2D eigenvalue weighted by atomic mass is 16.3. The smallest absolute Gasteiger partial charge is 0.286 e. The number of carbonyl (C=O) groups is 1. The lowest BCUT2D eigenvalue weighted by Gasteiger charge is -2.02. The highest BCUT2D eigenvalue weighted by molar-refractivity contribution is 5.91. The second-order valence-electron chi connectivity index (χ2n) is 4.03. The van der Waals surface area contributed by atoms with E-state index in [4.69, 9.17) is 4.42 Å². The van der Waals surface area contributed by atoms with Crippen LogP contribution in [0, 0.1) is 0 Å². The summed E-state index contributed by atoms with van der Waals surface area (Å²) in [7, 11) is 0. The zero-order valence-electron chi connectivity index (χ0n) is 10.1. The Morgan fingerprint density at radius 3 is 3.05 bits per heavy atom. The molecule has 6 heteroatoms. The Bertz CT molecular complexity index is 688. The molecule has 19 heavy (non-hydrogen) atoms. The van der Waals surface area contributed by atoms with Gasteiger partial charge in [0.1, 0.15) is 5.82 Å². The van der Waals surface area contributed by atoms with Crippen molar-refractivity contribution in [2.45, 2.75) is 6.42 Å². The summed E-state index contributed by atoms with van der Waals surface area (Å²) in [4.78, 5) is 11.7. The molecular weight excluding hydrogens is 244 g/mol. The minimum absolute atomic E-state index is 0.223. The van der Waals surface area contributed by atoms with Crippen LogP contribution in [-0.2, 0) is 6.42 Å². The van der Waals surface area contributed by atoms with Crippen molar-refractivity contribution >= 4 is 11.6 Å². The Labute approximate surface area is 109 Å². The zero-order valence-corrected chi connectivity index (χ0v) is 10.1. The number of fused-ring (bicyclic) bond motifs is 1. The summed E-state index contributed by atoms with van der Waals surface area (Å²) in [5.41, 5.74) is 0.801. The second kappa shape index (κ2) is 4.93. The maximum atomic E-state index is 11.7. The molecule has 0 saturated carbocycles. The van der Waals surface area contributed by atoms with Crippen LogP contribution in [-0.4, -0.2) is 27.0 Å². The van der Waals surface area contributed by atoms with Crippen LogP contribution in [0.2, 0.25) is 0 Å². The molecule has 6 nitrogen and oxygen atoms in total. The number of nitrogens with zero attached hydrogens (tertiary/aromatic N) is 3. The van der Waals surface area contributed by atoms with Gasteiger partial charge in [-0.3, -0.25) is 9.20 Å². The average Bonchev–Trinajstić information content (AvgIpc) is 3.08. The summed E-state index contributed by atoms with van der Waals surface area (Å²) < 4.78 is 6.91. The SMILES string of the molecule is O=C(NCCc1nnc2ccccn12)c1ccco1. The third-order valence-corrected chi connectivity index (χ3v) is 2.76. The lowest BCUT2D eigenvalue weighted by atomic mass is 10.3. The van der Waals surface area contributed by atoms with E-state index < -0.39 is 0 Å². The molecule has 0 unspecified atom stereocenters. The van der Waals surface area contributed by atoms with Gasteiger partial charge in [0.15, 0.2) is 11.4 Å². The van der Waals surface area contributed by atoms with Crippen molar-refractivity contribution in [3.8, 4) is 0 Å². The van der Waals surface area contributed by atoms with Gasteiger partial charge in [0.05, 0.1) is 6.26 Å². The summed E-state index contributed by atoms with van der Waals surface area (Å²) in [5.74, 6) is 0.903. The van der Waals surface area contributed by atoms with Crippen LogP contribution < -0.4 is 5.32 Å². The van der Waals surface area contributed by atoms with Crippen molar-refractivity contribution in [1.29, 1.82) is 0 Å². The van der Waals surface area contributed by atoms with Crippen molar-refractivity contribution in [2.75, 3.05) is 6.54 Å². The molecule has 0 saturated heterocycles. The largest absolute Gasteiger partial charge is 0.459 e. The van der Waals surface area contributed by atoms with E-state index >= 15 is 0 Å². The number of nitrogens with one attached hydrogen (secondary N) is 1. The van der Waals surface area contributed by atoms with Gasteiger partial charge in [0.2, 0.25) is 0 Å². The van der Waals surface area contributed by atoms with Gasteiger partial charge >= 0.3 is 0 Å². The van der Waals surface area contributed by atoms with Crippen molar-refractivity contribution in [1.82, 2.24) is 19.9 Å². The highest BCUT2D eigenvalue weighted by Crippen LogP contribution is 2.03. The molecule has 3 aromatic heterocycles. The molecular formula is C13H12N4O2. The first-order valence-electron chi connectivity index (χ1n) is 5.95. The predicted octanol–water partition coefficient (Wildman–Crippen LogP) is 1.29. The molecule has 96 valence electrons. The van der Waals surface area contributed by atoms with Gasteiger partial charge < -0.3 is 9.73 Å². The second-order valence-corrected chi connectivity index (χ2v) is 4.03. The first kappa shape index (κ1) is 11.5. The fourth-order valence-corrected chi connectivity index (χ4v) is 1.84. The molecule has 0 fully saturated rings. The summed E-state index contributed by atoms with van der Waals surface area (Å²) >= 11 is 0. The maximum absolute atomic E-state index is 11.7. The zero-order chi connectivity index (χ0) is 13.1. The highest BCUT2D eigenvalue weighted by Gasteiger charge is 2.09. The molecule has 3 rings (SSSR count). The lowest BCUT2D eigenvalue weighted by Crippen LogP contribution is -2.25. The molecule has 0 spiro atoms. The van der Waals surface area contributed by atoms with Gasteiger partial charge in [0, 0.05) is 19.2 Å². The van der Waals surface area contributed by atoms with Crippen LogP contribution in [0.5, 0.6) is 0 Å². The monoisotopic (exact) mass is 256 g/mol. The van der Waals surface area contributed by atoms with Crippen molar-refractivity contribution < 1.29 is 9.21 Å². The van der Waals surface area contributed by atoms with E-state index in [0.717, 1.165) is 11.5 Å². The molecule has 0 aliphatic carbocycles. The molecule has 0 aliphatic rings. The molecule has 0 radical (unpaired) electrons. The first-order chi connectivity index (χ1) is 9.34. The molecule has 0 atom stereocenters. The summed E-state index contributed by atoms with van der Waals surface area (Å²) in [6, 6.07) is 9.02. The molecule has 1 N–H and O–H groups in total. The van der Waals surface area contributed by atoms with E-state index in [1.165, 1.54) is 6.26 Å². The van der Waals surface area contributed by atoms with Crippen LogP contribution in [0.25, 0.3) is 5.65 Å². The van der Waals surface area contributed by atoms with Gasteiger partial charge in [-0.25, -0.2) is 0 Å². The number of amides is 1. The number of rotatable bonds is 4. The van der Waals surface area contributed by atoms with E-state index in [1.54, 1.807) is 12.1 Å². The number of aromatic nitrogens is 3. The predicted molar refractivity (Wildman–Crippen MR) is 67.7 cm³/mol. The van der Waals surface area contributed by atoms with E-state index in [-0.39, 0.29) is 5.91 Å². The Hall–Kier alpha value is -2.63. The van der Waals surface area contributed by atoms with Gasteiger partial charge in [-0.2, -0.15) is 0 Å². The number of carbonyl (C=O) groups excluding carboxylic acids is 1. The van der Waals surface area contributed by atoms with E-state index in [9.17, 15) is 4.79 Å². The van der Waals surface area contributed by atoms with Gasteiger partial charge in [-0.15, -0.1) is 10.2 Å². The van der Waals surface area contributed by atoms with E-state index in [1.807, 2.05) is 28.8 Å². The third kappa shape index (κ3) is 2.33. The Morgan fingerprint density at radius 1 is 1.26 bits per heavy atom. The van der Waals surface area contributed by atoms with Gasteiger partial charge in [0.25, 0.3) is 5.91 Å². The fourth-order valence-electron chi connectivity index (χ4n) is 1.84. The molecule has 3 heterocycles. The summed E-state index contributed by atoms with van der Waals surface area (Å²) in [6.45, 7) is 0.481. The first-order valence-corrected chi connectivity index (χ1v) is 5.95. The Morgan fingerprint density at radius 2 is 2.21 bits per heavy atom. The lowest BCUT2D eigenvalue weighted by molar-refractivity contribution is 0.0926. The number of pyridine rings is 1. The average molecular weight is 256 g/mol. The normalized spacial score (nSPS) is 10.7. The molecule has 0 aromatic carbocycles. The summed E-state index contributed by atoms with van der Waals surface area (Å²) in [5, 5.41) is 10.9. The van der Waals surface area contributed by atoms with Gasteiger partial charge in [-0.1, -0.05) is 6.07 Å². The van der Waals surface area contributed by atoms with Crippen molar-refractivity contribution in [2.24, 2.45) is 0 Å². The molecule has 3 aromatic rings. The molecule has 0 bridgehead atoms. The quantitative estimate of drug-likeness (QED) is 0.763.